The zero-order valence-corrected chi connectivity index (χ0v) is 13.9. The topological polar surface area (TPSA) is 111 Å². The lowest BCUT2D eigenvalue weighted by Gasteiger charge is -2.11. The highest BCUT2D eigenvalue weighted by Crippen LogP contribution is 2.32. The lowest BCUT2D eigenvalue weighted by molar-refractivity contribution is -0.385. The molecule has 0 saturated heterocycles. The normalized spacial score (nSPS) is 14.9. The second-order valence-electron chi connectivity index (χ2n) is 5.86. The molecule has 2 aromatic carbocycles. The maximum absolute atomic E-state index is 11.8. The Bertz CT molecular complexity index is 848. The maximum Gasteiger partial charge on any atom is 0.311 e. The average Bonchev–Trinajstić information content (AvgIpc) is 2.63. The number of carbonyl (C=O) groups is 2. The van der Waals surface area contributed by atoms with Crippen LogP contribution in [0.5, 0.6) is 11.5 Å². The Morgan fingerprint density at radius 3 is 2.31 bits per heavy atom. The Hall–Kier alpha value is -3.42. The second-order valence-corrected chi connectivity index (χ2v) is 5.86. The molecule has 2 aromatic rings. The van der Waals surface area contributed by atoms with Gasteiger partial charge in [-0.2, -0.15) is 0 Å². The van der Waals surface area contributed by atoms with Gasteiger partial charge in [-0.1, -0.05) is 18.2 Å². The van der Waals surface area contributed by atoms with Crippen LogP contribution in [0, 0.1) is 10.1 Å². The third-order valence-electron chi connectivity index (χ3n) is 3.95. The summed E-state index contributed by atoms with van der Waals surface area (Å²) in [6, 6.07) is 11.4. The number of aryl methyl sites for hydroxylation is 1. The van der Waals surface area contributed by atoms with Gasteiger partial charge in [0.1, 0.15) is 5.75 Å². The Morgan fingerprint density at radius 1 is 0.885 bits per heavy atom. The molecule has 2 aliphatic heterocycles. The first-order valence-electron chi connectivity index (χ1n) is 8.09. The number of ether oxygens (including phenoxy) is 1. The van der Waals surface area contributed by atoms with Gasteiger partial charge in [-0.25, -0.2) is 0 Å². The van der Waals surface area contributed by atoms with Gasteiger partial charge < -0.3 is 15.4 Å². The Balaban J connectivity index is 1.93. The standard InChI is InChI=1S/C18H17N3O5/c22-17-8-4-12-1-5-14(6-2-12)26-16-9-13(3-7-15(16)21(24)25)10-19-18(23)11-20-17/h1-3,5-7,9H,4,8,10-11H2,(H,19,23)(H,20,22). The van der Waals surface area contributed by atoms with Crippen LogP contribution in [0.2, 0.25) is 0 Å². The largest absolute Gasteiger partial charge is 0.450 e. The van der Waals surface area contributed by atoms with Gasteiger partial charge in [-0.05, 0) is 35.7 Å². The summed E-state index contributed by atoms with van der Waals surface area (Å²) in [5.41, 5.74) is 1.42. The molecule has 26 heavy (non-hydrogen) atoms. The quantitative estimate of drug-likeness (QED) is 0.601. The SMILES string of the molecule is O=C1CCc2ccc(cc2)Oc2cc(ccc2[N+](=O)[O-])CNC(=O)CN1. The van der Waals surface area contributed by atoms with Crippen LogP contribution in [0.4, 0.5) is 5.69 Å². The Kier molecular flexibility index (Phi) is 5.12. The minimum atomic E-state index is -0.514. The van der Waals surface area contributed by atoms with Gasteiger partial charge in [0, 0.05) is 19.0 Å². The van der Waals surface area contributed by atoms with Crippen molar-refractivity contribution in [2.24, 2.45) is 0 Å². The molecule has 4 rings (SSSR count). The van der Waals surface area contributed by atoms with Gasteiger partial charge in [0.15, 0.2) is 0 Å². The van der Waals surface area contributed by atoms with E-state index in [4.69, 9.17) is 4.74 Å². The minimum absolute atomic E-state index is 0.106. The molecule has 8 nitrogen and oxygen atoms in total. The highest BCUT2D eigenvalue weighted by molar-refractivity contribution is 5.84. The molecule has 2 N–H and O–H groups in total. The van der Waals surface area contributed by atoms with Crippen LogP contribution < -0.4 is 15.4 Å². The van der Waals surface area contributed by atoms with Crippen LogP contribution in [0.1, 0.15) is 17.5 Å². The van der Waals surface area contributed by atoms with Crippen LogP contribution in [0.25, 0.3) is 0 Å². The first kappa shape index (κ1) is 17.4. The van der Waals surface area contributed by atoms with Crippen molar-refractivity contribution in [1.82, 2.24) is 10.6 Å². The van der Waals surface area contributed by atoms with E-state index in [1.54, 1.807) is 30.3 Å². The first-order valence-corrected chi connectivity index (χ1v) is 8.09. The van der Waals surface area contributed by atoms with Crippen molar-refractivity contribution in [2.75, 3.05) is 6.54 Å². The Labute approximate surface area is 149 Å². The van der Waals surface area contributed by atoms with Crippen molar-refractivity contribution in [3.63, 3.8) is 0 Å². The molecule has 2 amide bonds. The lowest BCUT2D eigenvalue weighted by Crippen LogP contribution is -2.36. The molecule has 0 aromatic heterocycles. The molecule has 0 spiro atoms. The summed E-state index contributed by atoms with van der Waals surface area (Å²) in [5.74, 6) is 0.0178. The third kappa shape index (κ3) is 4.35. The molecule has 2 aliphatic rings. The highest BCUT2D eigenvalue weighted by Gasteiger charge is 2.17. The molecular formula is C18H17N3O5. The molecule has 0 radical (unpaired) electrons. The fourth-order valence-electron chi connectivity index (χ4n) is 2.54. The second kappa shape index (κ2) is 7.64. The summed E-state index contributed by atoms with van der Waals surface area (Å²) in [6.07, 6.45) is 0.779. The fraction of sp³-hybridized carbons (Fsp3) is 0.222. The van der Waals surface area contributed by atoms with Gasteiger partial charge >= 0.3 is 5.69 Å². The minimum Gasteiger partial charge on any atom is -0.450 e. The molecule has 134 valence electrons. The van der Waals surface area contributed by atoms with Crippen molar-refractivity contribution in [3.8, 4) is 11.5 Å². The van der Waals surface area contributed by atoms with Crippen LogP contribution in [0.3, 0.4) is 0 Å². The smallest absolute Gasteiger partial charge is 0.311 e. The molecule has 8 heteroatoms. The van der Waals surface area contributed by atoms with E-state index in [9.17, 15) is 19.7 Å². The van der Waals surface area contributed by atoms with E-state index in [1.807, 2.05) is 0 Å². The van der Waals surface area contributed by atoms with Crippen molar-refractivity contribution < 1.29 is 19.2 Å². The number of nitrogens with zero attached hydrogens (tertiary/aromatic N) is 1. The molecule has 2 heterocycles. The lowest BCUT2D eigenvalue weighted by atomic mass is 10.1. The first-order chi connectivity index (χ1) is 12.5. The predicted octanol–water partition coefficient (Wildman–Crippen LogP) is 2.07. The number of amides is 2. The number of fused-ring (bicyclic) bond motifs is 9. The summed E-state index contributed by atoms with van der Waals surface area (Å²) < 4.78 is 5.68. The molecule has 0 saturated carbocycles. The molecule has 0 unspecified atom stereocenters. The summed E-state index contributed by atoms with van der Waals surface area (Å²) >= 11 is 0. The van der Waals surface area contributed by atoms with E-state index in [0.29, 0.717) is 17.7 Å². The fourth-order valence-corrected chi connectivity index (χ4v) is 2.54. The monoisotopic (exact) mass is 355 g/mol. The molecule has 0 fully saturated rings. The van der Waals surface area contributed by atoms with Crippen LogP contribution in [-0.2, 0) is 22.6 Å². The number of benzene rings is 2. The van der Waals surface area contributed by atoms with E-state index in [2.05, 4.69) is 10.6 Å². The van der Waals surface area contributed by atoms with Gasteiger partial charge in [-0.15, -0.1) is 0 Å². The van der Waals surface area contributed by atoms with E-state index < -0.39 is 4.92 Å². The number of nitro benzene ring substituents is 1. The van der Waals surface area contributed by atoms with E-state index >= 15 is 0 Å². The van der Waals surface area contributed by atoms with Gasteiger partial charge in [0.05, 0.1) is 11.5 Å². The van der Waals surface area contributed by atoms with E-state index in [-0.39, 0.29) is 42.8 Å². The summed E-state index contributed by atoms with van der Waals surface area (Å²) in [5, 5.41) is 16.5. The van der Waals surface area contributed by atoms with Gasteiger partial charge in [-0.3, -0.25) is 19.7 Å². The van der Waals surface area contributed by atoms with Crippen molar-refractivity contribution in [2.45, 2.75) is 19.4 Å². The molecule has 0 atom stereocenters. The number of hydrogen-bond donors (Lipinski definition) is 2. The number of nitrogens with one attached hydrogen (secondary N) is 2. The number of carbonyl (C=O) groups excluding carboxylic acids is 2. The molecule has 4 bridgehead atoms. The van der Waals surface area contributed by atoms with Gasteiger partial charge in [0.2, 0.25) is 17.6 Å². The molecular weight excluding hydrogens is 338 g/mol. The molecule has 0 aliphatic carbocycles. The summed E-state index contributed by atoms with van der Waals surface area (Å²) in [4.78, 5) is 34.3. The van der Waals surface area contributed by atoms with Crippen molar-refractivity contribution in [3.05, 3.63) is 63.7 Å². The van der Waals surface area contributed by atoms with Crippen molar-refractivity contribution >= 4 is 17.5 Å². The maximum atomic E-state index is 11.8. The number of nitro groups is 1. The highest BCUT2D eigenvalue weighted by atomic mass is 16.6. The zero-order valence-electron chi connectivity index (χ0n) is 13.9. The number of rotatable bonds is 1. The van der Waals surface area contributed by atoms with E-state index in [1.165, 1.54) is 12.1 Å². The average molecular weight is 355 g/mol. The Morgan fingerprint density at radius 2 is 1.58 bits per heavy atom. The summed E-state index contributed by atoms with van der Waals surface area (Å²) in [6.45, 7) is 0.0517. The number of hydrogen-bond acceptors (Lipinski definition) is 5. The summed E-state index contributed by atoms with van der Waals surface area (Å²) in [7, 11) is 0. The van der Waals surface area contributed by atoms with Crippen LogP contribution in [0.15, 0.2) is 42.5 Å². The van der Waals surface area contributed by atoms with Crippen molar-refractivity contribution in [1.29, 1.82) is 0 Å². The van der Waals surface area contributed by atoms with Crippen LogP contribution in [-0.4, -0.2) is 23.3 Å². The predicted molar refractivity (Wildman–Crippen MR) is 92.8 cm³/mol. The zero-order chi connectivity index (χ0) is 18.5. The third-order valence-corrected chi connectivity index (χ3v) is 3.95. The van der Waals surface area contributed by atoms with Gasteiger partial charge in [0.25, 0.3) is 0 Å². The van der Waals surface area contributed by atoms with E-state index in [0.717, 1.165) is 5.56 Å². The van der Waals surface area contributed by atoms with Crippen LogP contribution >= 0.6 is 0 Å².